The summed E-state index contributed by atoms with van der Waals surface area (Å²) in [5, 5.41) is 8.18. The van der Waals surface area contributed by atoms with Gasteiger partial charge in [-0.1, -0.05) is 0 Å². The van der Waals surface area contributed by atoms with Gasteiger partial charge in [-0.3, -0.25) is 4.79 Å². The second-order valence-corrected chi connectivity index (χ2v) is 4.08. The lowest BCUT2D eigenvalue weighted by Crippen LogP contribution is -2.13. The van der Waals surface area contributed by atoms with Gasteiger partial charge >= 0.3 is 0 Å². The standard InChI is InChI=1S/C9H9N5O2S/c1-4-13-14-9(16-4)17-8-5(10)2-3-6(12-8)7(11)15/h2-3H,10H2,1H3,(H2,11,15). The number of nitrogens with zero attached hydrogens (tertiary/aromatic N) is 3. The monoisotopic (exact) mass is 251 g/mol. The predicted octanol–water partition coefficient (Wildman–Crippen LogP) is 0.605. The first kappa shape index (κ1) is 11.4. The maximum atomic E-state index is 11.0. The minimum absolute atomic E-state index is 0.137. The van der Waals surface area contributed by atoms with Crippen LogP contribution < -0.4 is 11.5 Å². The molecule has 2 aromatic heterocycles. The number of nitrogens with two attached hydrogens (primary N) is 2. The molecule has 0 aliphatic heterocycles. The van der Waals surface area contributed by atoms with Crippen LogP contribution in [0.1, 0.15) is 16.4 Å². The van der Waals surface area contributed by atoms with Gasteiger partial charge in [0.2, 0.25) is 5.89 Å². The van der Waals surface area contributed by atoms with Crippen molar-refractivity contribution >= 4 is 23.4 Å². The highest BCUT2D eigenvalue weighted by molar-refractivity contribution is 7.99. The fraction of sp³-hybridized carbons (Fsp3) is 0.111. The second kappa shape index (κ2) is 4.42. The van der Waals surface area contributed by atoms with E-state index < -0.39 is 5.91 Å². The Labute approximate surface area is 101 Å². The number of carbonyl (C=O) groups is 1. The van der Waals surface area contributed by atoms with E-state index in [1.165, 1.54) is 6.07 Å². The molecular formula is C9H9N5O2S. The third-order valence-electron chi connectivity index (χ3n) is 1.83. The minimum Gasteiger partial charge on any atom is -0.416 e. The summed E-state index contributed by atoms with van der Waals surface area (Å²) in [5.74, 6) is -0.175. The molecule has 0 spiro atoms. The summed E-state index contributed by atoms with van der Waals surface area (Å²) >= 11 is 1.08. The molecule has 2 heterocycles. The Morgan fingerprint density at radius 3 is 2.76 bits per heavy atom. The summed E-state index contributed by atoms with van der Waals surface area (Å²) in [6.45, 7) is 1.67. The molecule has 0 fully saturated rings. The van der Waals surface area contributed by atoms with Crippen molar-refractivity contribution in [1.29, 1.82) is 0 Å². The summed E-state index contributed by atoms with van der Waals surface area (Å²) < 4.78 is 5.17. The quantitative estimate of drug-likeness (QED) is 0.819. The molecule has 7 nitrogen and oxygen atoms in total. The Bertz CT molecular complexity index is 568. The van der Waals surface area contributed by atoms with Gasteiger partial charge in [-0.15, -0.1) is 10.2 Å². The van der Waals surface area contributed by atoms with Crippen molar-refractivity contribution in [3.05, 3.63) is 23.7 Å². The molecule has 0 radical (unpaired) electrons. The number of primary amides is 1. The summed E-state index contributed by atoms with van der Waals surface area (Å²) in [5.41, 5.74) is 11.4. The number of hydrogen-bond donors (Lipinski definition) is 2. The molecule has 2 aromatic rings. The lowest BCUT2D eigenvalue weighted by molar-refractivity contribution is 0.0995. The van der Waals surface area contributed by atoms with Gasteiger partial charge in [0, 0.05) is 6.92 Å². The zero-order valence-corrected chi connectivity index (χ0v) is 9.69. The largest absolute Gasteiger partial charge is 0.416 e. The molecule has 0 saturated heterocycles. The number of pyridine rings is 1. The molecule has 0 aliphatic rings. The Hall–Kier alpha value is -2.09. The zero-order chi connectivity index (χ0) is 12.4. The van der Waals surface area contributed by atoms with Gasteiger partial charge in [0.15, 0.2) is 0 Å². The number of anilines is 1. The number of amides is 1. The molecule has 8 heteroatoms. The smallest absolute Gasteiger partial charge is 0.283 e. The van der Waals surface area contributed by atoms with Crippen molar-refractivity contribution in [3.63, 3.8) is 0 Å². The fourth-order valence-electron chi connectivity index (χ4n) is 1.07. The van der Waals surface area contributed by atoms with Gasteiger partial charge in [0.25, 0.3) is 11.1 Å². The normalized spacial score (nSPS) is 10.4. The first-order valence-corrected chi connectivity index (χ1v) is 5.42. The average molecular weight is 251 g/mol. The number of aromatic nitrogens is 3. The molecule has 0 saturated carbocycles. The lowest BCUT2D eigenvalue weighted by Gasteiger charge is -2.02. The van der Waals surface area contributed by atoms with Crippen LogP contribution in [0.2, 0.25) is 0 Å². The highest BCUT2D eigenvalue weighted by Crippen LogP contribution is 2.29. The SMILES string of the molecule is Cc1nnc(Sc2nc(C(N)=O)ccc2N)o1. The van der Waals surface area contributed by atoms with Crippen LogP contribution in [-0.2, 0) is 0 Å². The van der Waals surface area contributed by atoms with Gasteiger partial charge in [-0.25, -0.2) is 4.98 Å². The number of rotatable bonds is 3. The Balaban J connectivity index is 2.31. The highest BCUT2D eigenvalue weighted by atomic mass is 32.2. The van der Waals surface area contributed by atoms with Gasteiger partial charge in [0.05, 0.1) is 5.69 Å². The number of nitrogen functional groups attached to an aromatic ring is 1. The molecule has 0 aromatic carbocycles. The molecular weight excluding hydrogens is 242 g/mol. The van der Waals surface area contributed by atoms with Crippen LogP contribution in [0.15, 0.2) is 26.8 Å². The Morgan fingerprint density at radius 1 is 1.41 bits per heavy atom. The van der Waals surface area contributed by atoms with Gasteiger partial charge in [-0.2, -0.15) is 0 Å². The van der Waals surface area contributed by atoms with E-state index in [-0.39, 0.29) is 5.69 Å². The summed E-state index contributed by atoms with van der Waals surface area (Å²) in [6.07, 6.45) is 0. The van der Waals surface area contributed by atoms with E-state index >= 15 is 0 Å². The molecule has 2 rings (SSSR count). The summed E-state index contributed by atoms with van der Waals surface area (Å²) in [6, 6.07) is 3.01. The zero-order valence-electron chi connectivity index (χ0n) is 8.88. The molecule has 0 unspecified atom stereocenters. The van der Waals surface area contributed by atoms with Crippen LogP contribution in [0.3, 0.4) is 0 Å². The molecule has 1 amide bonds. The second-order valence-electron chi connectivity index (χ2n) is 3.14. The maximum absolute atomic E-state index is 11.0. The topological polar surface area (TPSA) is 121 Å². The van der Waals surface area contributed by atoms with Crippen LogP contribution in [0, 0.1) is 6.92 Å². The van der Waals surface area contributed by atoms with Crippen LogP contribution in [0.25, 0.3) is 0 Å². The average Bonchev–Trinajstić information content (AvgIpc) is 2.67. The molecule has 0 atom stereocenters. The van der Waals surface area contributed by atoms with Crippen molar-refractivity contribution in [2.45, 2.75) is 17.2 Å². The number of hydrogen-bond acceptors (Lipinski definition) is 7. The summed E-state index contributed by atoms with van der Waals surface area (Å²) in [7, 11) is 0. The first-order chi connectivity index (χ1) is 8.06. The maximum Gasteiger partial charge on any atom is 0.283 e. The number of carbonyl (C=O) groups excluding carboxylic acids is 1. The highest BCUT2D eigenvalue weighted by Gasteiger charge is 2.12. The first-order valence-electron chi connectivity index (χ1n) is 4.60. The van der Waals surface area contributed by atoms with E-state index in [1.807, 2.05) is 0 Å². The van der Waals surface area contributed by atoms with Gasteiger partial charge in [0.1, 0.15) is 10.7 Å². The minimum atomic E-state index is -0.617. The van der Waals surface area contributed by atoms with Crippen LogP contribution in [0.4, 0.5) is 5.69 Å². The van der Waals surface area contributed by atoms with E-state index in [0.717, 1.165) is 11.8 Å². The Morgan fingerprint density at radius 2 is 2.18 bits per heavy atom. The van der Waals surface area contributed by atoms with Crippen LogP contribution >= 0.6 is 11.8 Å². The molecule has 4 N–H and O–H groups in total. The van der Waals surface area contributed by atoms with E-state index in [9.17, 15) is 4.79 Å². The predicted molar refractivity (Wildman–Crippen MR) is 60.3 cm³/mol. The van der Waals surface area contributed by atoms with E-state index in [4.69, 9.17) is 15.9 Å². The van der Waals surface area contributed by atoms with Crippen molar-refractivity contribution in [1.82, 2.24) is 15.2 Å². The van der Waals surface area contributed by atoms with Crippen LogP contribution in [-0.4, -0.2) is 21.1 Å². The van der Waals surface area contributed by atoms with Crippen molar-refractivity contribution in [2.75, 3.05) is 5.73 Å². The third kappa shape index (κ3) is 2.53. The number of aryl methyl sites for hydroxylation is 1. The van der Waals surface area contributed by atoms with E-state index in [1.54, 1.807) is 13.0 Å². The molecule has 0 aliphatic carbocycles. The fourth-order valence-corrected chi connectivity index (χ4v) is 1.81. The van der Waals surface area contributed by atoms with Crippen molar-refractivity contribution < 1.29 is 9.21 Å². The summed E-state index contributed by atoms with van der Waals surface area (Å²) in [4.78, 5) is 15.0. The third-order valence-corrected chi connectivity index (χ3v) is 2.69. The van der Waals surface area contributed by atoms with Gasteiger partial charge < -0.3 is 15.9 Å². The molecule has 88 valence electrons. The van der Waals surface area contributed by atoms with Gasteiger partial charge in [-0.05, 0) is 23.9 Å². The lowest BCUT2D eigenvalue weighted by atomic mass is 10.3. The van der Waals surface area contributed by atoms with E-state index in [0.29, 0.717) is 21.8 Å². The van der Waals surface area contributed by atoms with Crippen molar-refractivity contribution in [3.8, 4) is 0 Å². The molecule has 0 bridgehead atoms. The Kier molecular flexibility index (Phi) is 2.96. The van der Waals surface area contributed by atoms with Crippen LogP contribution in [0.5, 0.6) is 0 Å². The van der Waals surface area contributed by atoms with E-state index in [2.05, 4.69) is 15.2 Å². The molecule has 17 heavy (non-hydrogen) atoms. The van der Waals surface area contributed by atoms with Crippen molar-refractivity contribution in [2.24, 2.45) is 5.73 Å².